The Labute approximate surface area is 199 Å². The van der Waals surface area contributed by atoms with Crippen molar-refractivity contribution in [3.8, 4) is 0 Å². The Morgan fingerprint density at radius 1 is 1.26 bits per heavy atom. The predicted octanol–water partition coefficient (Wildman–Crippen LogP) is 2.04. The van der Waals surface area contributed by atoms with Crippen LogP contribution in [-0.4, -0.2) is 49.1 Å². The summed E-state index contributed by atoms with van der Waals surface area (Å²) >= 11 is 0. The zero-order valence-corrected chi connectivity index (χ0v) is 19.9. The molecule has 2 unspecified atom stereocenters. The van der Waals surface area contributed by atoms with Gasteiger partial charge in [-0.05, 0) is 44.4 Å². The zero-order valence-electron chi connectivity index (χ0n) is 19.9. The maximum absolute atomic E-state index is 11.9. The average Bonchev–Trinajstić information content (AvgIpc) is 3.45. The number of aromatic amines is 1. The summed E-state index contributed by atoms with van der Waals surface area (Å²) in [7, 11) is 1.99. The zero-order chi connectivity index (χ0) is 23.7. The number of imidazole rings is 1. The molecule has 1 aliphatic heterocycles. The number of nitrogens with zero attached hydrogens (tertiary/aromatic N) is 6. The van der Waals surface area contributed by atoms with E-state index >= 15 is 0 Å². The van der Waals surface area contributed by atoms with Gasteiger partial charge in [0.2, 0.25) is 11.9 Å². The summed E-state index contributed by atoms with van der Waals surface area (Å²) in [5.74, 6) is 2.69. The van der Waals surface area contributed by atoms with Gasteiger partial charge in [0.25, 0.3) is 5.56 Å². The molecule has 34 heavy (non-hydrogen) atoms. The maximum atomic E-state index is 11.9. The van der Waals surface area contributed by atoms with Crippen molar-refractivity contribution in [2.75, 3.05) is 35.6 Å². The first-order valence-electron chi connectivity index (χ1n) is 12.2. The van der Waals surface area contributed by atoms with Gasteiger partial charge in [-0.2, -0.15) is 4.98 Å². The van der Waals surface area contributed by atoms with Crippen molar-refractivity contribution in [1.29, 1.82) is 0 Å². The summed E-state index contributed by atoms with van der Waals surface area (Å²) in [6.45, 7) is 4.74. The third-order valence-electron chi connectivity index (χ3n) is 6.83. The number of anilines is 3. The molecule has 5 rings (SSSR count). The standard InChI is InChI=1S/C24H33N9O/c1-15-5-6-19-18(10-15)22(31-24(29-19)26-8-3-4-17-13-32(2)14-27-17)33-9-7-16(12-33)20-11-21(34)30-23(25)28-20/h11,13-16H,3-10,12H2,1-2H3,(H,26,29,31)(H3,25,28,30,34). The summed E-state index contributed by atoms with van der Waals surface area (Å²) in [5.41, 5.74) is 9.87. The highest BCUT2D eigenvalue weighted by Crippen LogP contribution is 2.36. The van der Waals surface area contributed by atoms with Crippen LogP contribution in [0.25, 0.3) is 0 Å². The molecule has 1 saturated heterocycles. The number of fused-ring (bicyclic) bond motifs is 1. The highest BCUT2D eigenvalue weighted by atomic mass is 16.1. The number of aromatic nitrogens is 6. The Balaban J connectivity index is 1.32. The van der Waals surface area contributed by atoms with Crippen LogP contribution in [0.3, 0.4) is 0 Å². The SMILES string of the molecule is CC1CCc2nc(NCCCc3cn(C)cn3)nc(N3CCC(c4cc(=O)[nH]c(N)n4)C3)c2C1. The summed E-state index contributed by atoms with van der Waals surface area (Å²) in [6, 6.07) is 1.57. The molecule has 2 aliphatic rings. The second-order valence-corrected chi connectivity index (χ2v) is 9.69. The van der Waals surface area contributed by atoms with Gasteiger partial charge in [0.05, 0.1) is 23.4 Å². The lowest BCUT2D eigenvalue weighted by molar-refractivity contribution is 0.492. The molecule has 3 aromatic rings. The molecule has 180 valence electrons. The summed E-state index contributed by atoms with van der Waals surface area (Å²) < 4.78 is 1.97. The van der Waals surface area contributed by atoms with Gasteiger partial charge in [0.1, 0.15) is 5.82 Å². The van der Waals surface area contributed by atoms with Gasteiger partial charge < -0.3 is 20.5 Å². The van der Waals surface area contributed by atoms with E-state index < -0.39 is 0 Å². The first kappa shape index (κ1) is 22.4. The van der Waals surface area contributed by atoms with Crippen molar-refractivity contribution >= 4 is 17.7 Å². The molecule has 10 nitrogen and oxygen atoms in total. The second kappa shape index (κ2) is 9.44. The van der Waals surface area contributed by atoms with Gasteiger partial charge in [-0.25, -0.2) is 15.0 Å². The Bertz CT molecular complexity index is 1220. The Morgan fingerprint density at radius 3 is 2.94 bits per heavy atom. The molecule has 0 radical (unpaired) electrons. The van der Waals surface area contributed by atoms with Crippen molar-refractivity contribution in [3.05, 3.63) is 51.6 Å². The highest BCUT2D eigenvalue weighted by Gasteiger charge is 2.31. The van der Waals surface area contributed by atoms with E-state index in [2.05, 4.69) is 38.3 Å². The fourth-order valence-corrected chi connectivity index (χ4v) is 5.07. The van der Waals surface area contributed by atoms with Crippen LogP contribution >= 0.6 is 0 Å². The summed E-state index contributed by atoms with van der Waals surface area (Å²) in [6.07, 6.45) is 9.83. The maximum Gasteiger partial charge on any atom is 0.252 e. The molecule has 0 saturated carbocycles. The van der Waals surface area contributed by atoms with Crippen LogP contribution in [0.5, 0.6) is 0 Å². The third kappa shape index (κ3) is 4.90. The predicted molar refractivity (Wildman–Crippen MR) is 132 cm³/mol. The number of H-pyrrole nitrogens is 1. The van der Waals surface area contributed by atoms with Crippen LogP contribution in [0.15, 0.2) is 23.4 Å². The fraction of sp³-hybridized carbons (Fsp3) is 0.542. The molecule has 4 heterocycles. The van der Waals surface area contributed by atoms with Gasteiger partial charge in [0.15, 0.2) is 0 Å². The van der Waals surface area contributed by atoms with E-state index in [1.54, 1.807) is 6.07 Å². The van der Waals surface area contributed by atoms with Crippen molar-refractivity contribution in [3.63, 3.8) is 0 Å². The van der Waals surface area contributed by atoms with E-state index in [4.69, 9.17) is 15.7 Å². The minimum atomic E-state index is -0.202. The monoisotopic (exact) mass is 463 g/mol. The first-order chi connectivity index (χ1) is 16.4. The molecular weight excluding hydrogens is 430 g/mol. The fourth-order valence-electron chi connectivity index (χ4n) is 5.07. The van der Waals surface area contributed by atoms with E-state index in [9.17, 15) is 4.79 Å². The number of rotatable bonds is 7. The molecule has 0 aromatic carbocycles. The number of nitrogen functional groups attached to an aromatic ring is 1. The van der Waals surface area contributed by atoms with Crippen LogP contribution < -0.4 is 21.5 Å². The molecular formula is C24H33N9O. The highest BCUT2D eigenvalue weighted by molar-refractivity contribution is 5.55. The summed E-state index contributed by atoms with van der Waals surface area (Å²) in [5, 5.41) is 3.45. The number of aryl methyl sites for hydroxylation is 3. The quantitative estimate of drug-likeness (QED) is 0.454. The van der Waals surface area contributed by atoms with Gasteiger partial charge in [0, 0.05) is 50.4 Å². The lowest BCUT2D eigenvalue weighted by Crippen LogP contribution is -2.27. The van der Waals surface area contributed by atoms with Crippen LogP contribution in [0.1, 0.15) is 54.7 Å². The largest absolute Gasteiger partial charge is 0.369 e. The van der Waals surface area contributed by atoms with E-state index in [0.29, 0.717) is 11.9 Å². The van der Waals surface area contributed by atoms with E-state index in [1.807, 2.05) is 17.9 Å². The van der Waals surface area contributed by atoms with E-state index in [1.165, 1.54) is 5.56 Å². The van der Waals surface area contributed by atoms with Gasteiger partial charge in [-0.3, -0.25) is 9.78 Å². The van der Waals surface area contributed by atoms with Crippen molar-refractivity contribution in [2.45, 2.75) is 51.4 Å². The van der Waals surface area contributed by atoms with Gasteiger partial charge in [-0.1, -0.05) is 6.92 Å². The number of hydrogen-bond acceptors (Lipinski definition) is 8. The minimum Gasteiger partial charge on any atom is -0.369 e. The Kier molecular flexibility index (Phi) is 6.21. The number of hydrogen-bond donors (Lipinski definition) is 3. The van der Waals surface area contributed by atoms with Gasteiger partial charge in [-0.15, -0.1) is 0 Å². The molecule has 10 heteroatoms. The van der Waals surface area contributed by atoms with Crippen molar-refractivity contribution in [1.82, 2.24) is 29.5 Å². The normalized spacial score (nSPS) is 19.9. The van der Waals surface area contributed by atoms with Crippen molar-refractivity contribution < 1.29 is 0 Å². The number of nitrogens with one attached hydrogen (secondary N) is 2. The van der Waals surface area contributed by atoms with Crippen LogP contribution in [0, 0.1) is 5.92 Å². The van der Waals surface area contributed by atoms with E-state index in [-0.39, 0.29) is 17.4 Å². The molecule has 2 atom stereocenters. The Morgan fingerprint density at radius 2 is 2.15 bits per heavy atom. The summed E-state index contributed by atoms with van der Waals surface area (Å²) in [4.78, 5) is 35.4. The lowest BCUT2D eigenvalue weighted by atomic mass is 9.88. The molecule has 0 amide bonds. The smallest absolute Gasteiger partial charge is 0.252 e. The molecule has 3 aromatic heterocycles. The van der Waals surface area contributed by atoms with Crippen LogP contribution in [0.4, 0.5) is 17.7 Å². The number of nitrogens with two attached hydrogens (primary N) is 1. The first-order valence-corrected chi connectivity index (χ1v) is 12.2. The topological polar surface area (TPSA) is 131 Å². The van der Waals surface area contributed by atoms with E-state index in [0.717, 1.165) is 81.1 Å². The van der Waals surface area contributed by atoms with Gasteiger partial charge >= 0.3 is 0 Å². The van der Waals surface area contributed by atoms with Crippen molar-refractivity contribution in [2.24, 2.45) is 13.0 Å². The Hall–Kier alpha value is -3.43. The lowest BCUT2D eigenvalue weighted by Gasteiger charge is -2.28. The van der Waals surface area contributed by atoms with Crippen LogP contribution in [-0.2, 0) is 26.3 Å². The third-order valence-corrected chi connectivity index (χ3v) is 6.83. The van der Waals surface area contributed by atoms with Crippen LogP contribution in [0.2, 0.25) is 0 Å². The second-order valence-electron chi connectivity index (χ2n) is 9.69. The molecule has 4 N–H and O–H groups in total. The minimum absolute atomic E-state index is 0.158. The molecule has 1 aliphatic carbocycles. The molecule has 1 fully saturated rings. The molecule has 0 spiro atoms. The average molecular weight is 464 g/mol. The molecule has 0 bridgehead atoms.